The number of carbonyl (C=O) groups is 2. The second-order valence-corrected chi connectivity index (χ2v) is 11.0. The second-order valence-electron chi connectivity index (χ2n) is 11.0. The van der Waals surface area contributed by atoms with Crippen LogP contribution < -0.4 is 16.7 Å². The van der Waals surface area contributed by atoms with Gasteiger partial charge in [-0.15, -0.1) is 0 Å². The van der Waals surface area contributed by atoms with Gasteiger partial charge < -0.3 is 10.6 Å². The van der Waals surface area contributed by atoms with Gasteiger partial charge in [-0.25, -0.2) is 4.79 Å². The van der Waals surface area contributed by atoms with E-state index in [4.69, 9.17) is 5.73 Å². The Kier molecular flexibility index (Phi) is 7.44. The van der Waals surface area contributed by atoms with Crippen molar-refractivity contribution in [2.24, 2.45) is 30.5 Å². The normalized spacial score (nSPS) is 26.7. The average molecular weight is 494 g/mol. The van der Waals surface area contributed by atoms with Crippen molar-refractivity contribution >= 4 is 28.9 Å². The minimum atomic E-state index is -0.659. The number of benzene rings is 1. The maximum absolute atomic E-state index is 13.1. The fourth-order valence-corrected chi connectivity index (χ4v) is 6.42. The van der Waals surface area contributed by atoms with E-state index in [2.05, 4.69) is 22.4 Å². The topological polar surface area (TPSA) is 102 Å². The largest absolute Gasteiger partial charge is 0.330 e. The number of nitrogens with one attached hydrogen (secondary N) is 1. The Morgan fingerprint density at radius 2 is 1.72 bits per heavy atom. The SMILES string of the molecule is Cn1c(=O)n(C2CCC(=O)NC2=O)c2cccc(C=CC3CCN(CC4CCC(CN)CC4)CC3)c21. The molecule has 8 heteroatoms. The zero-order chi connectivity index (χ0) is 25.2. The Labute approximate surface area is 212 Å². The molecule has 1 saturated carbocycles. The number of para-hydroxylation sites is 1. The molecule has 194 valence electrons. The van der Waals surface area contributed by atoms with E-state index in [1.807, 2.05) is 18.2 Å². The van der Waals surface area contributed by atoms with Crippen LogP contribution in [0.1, 0.15) is 63.0 Å². The van der Waals surface area contributed by atoms with Crippen molar-refractivity contribution in [3.05, 3.63) is 40.3 Å². The first-order valence-electron chi connectivity index (χ1n) is 13.6. The van der Waals surface area contributed by atoms with E-state index in [9.17, 15) is 14.4 Å². The van der Waals surface area contributed by atoms with Gasteiger partial charge in [-0.2, -0.15) is 0 Å². The first-order chi connectivity index (χ1) is 17.4. The third-order valence-electron chi connectivity index (χ3n) is 8.65. The van der Waals surface area contributed by atoms with E-state index >= 15 is 0 Å². The fourth-order valence-electron chi connectivity index (χ4n) is 6.42. The molecule has 3 heterocycles. The summed E-state index contributed by atoms with van der Waals surface area (Å²) in [4.78, 5) is 39.9. The summed E-state index contributed by atoms with van der Waals surface area (Å²) >= 11 is 0. The number of hydrogen-bond donors (Lipinski definition) is 2. The van der Waals surface area contributed by atoms with E-state index in [0.29, 0.717) is 12.3 Å². The van der Waals surface area contributed by atoms with Gasteiger partial charge in [-0.3, -0.25) is 24.0 Å². The Balaban J connectivity index is 1.25. The van der Waals surface area contributed by atoms with Crippen LogP contribution in [0.15, 0.2) is 29.1 Å². The molecule has 36 heavy (non-hydrogen) atoms. The smallest absolute Gasteiger partial charge is 0.329 e. The highest BCUT2D eigenvalue weighted by molar-refractivity contribution is 6.00. The summed E-state index contributed by atoms with van der Waals surface area (Å²) in [5.41, 5.74) is 8.17. The monoisotopic (exact) mass is 493 g/mol. The van der Waals surface area contributed by atoms with Crippen molar-refractivity contribution < 1.29 is 9.59 Å². The van der Waals surface area contributed by atoms with E-state index in [0.717, 1.165) is 60.9 Å². The highest BCUT2D eigenvalue weighted by Crippen LogP contribution is 2.31. The van der Waals surface area contributed by atoms with Gasteiger partial charge in [-0.05, 0) is 88.4 Å². The molecular formula is C28H39N5O3. The Morgan fingerprint density at radius 3 is 2.42 bits per heavy atom. The quantitative estimate of drug-likeness (QED) is 0.603. The highest BCUT2D eigenvalue weighted by Gasteiger charge is 2.31. The van der Waals surface area contributed by atoms with Crippen LogP contribution in [-0.4, -0.2) is 52.0 Å². The van der Waals surface area contributed by atoms with Crippen LogP contribution in [0.3, 0.4) is 0 Å². The molecule has 2 aliphatic heterocycles. The number of hydrogen-bond acceptors (Lipinski definition) is 5. The van der Waals surface area contributed by atoms with Gasteiger partial charge >= 0.3 is 5.69 Å². The molecule has 0 spiro atoms. The summed E-state index contributed by atoms with van der Waals surface area (Å²) in [6, 6.07) is 5.19. The van der Waals surface area contributed by atoms with Crippen molar-refractivity contribution in [2.75, 3.05) is 26.2 Å². The van der Waals surface area contributed by atoms with Gasteiger partial charge in [0.05, 0.1) is 11.0 Å². The number of imidazole rings is 1. The van der Waals surface area contributed by atoms with Crippen LogP contribution in [0.2, 0.25) is 0 Å². The molecule has 1 aromatic heterocycles. The first-order valence-corrected chi connectivity index (χ1v) is 13.6. The van der Waals surface area contributed by atoms with E-state index < -0.39 is 11.9 Å². The minimum Gasteiger partial charge on any atom is -0.330 e. The number of nitrogens with two attached hydrogens (primary N) is 1. The number of imide groups is 1. The number of rotatable bonds is 6. The lowest BCUT2D eigenvalue weighted by Gasteiger charge is -2.36. The molecule has 0 bridgehead atoms. The highest BCUT2D eigenvalue weighted by atomic mass is 16.2. The van der Waals surface area contributed by atoms with Crippen molar-refractivity contribution in [3.63, 3.8) is 0 Å². The van der Waals surface area contributed by atoms with Crippen molar-refractivity contribution in [3.8, 4) is 0 Å². The number of piperidine rings is 2. The number of allylic oxidation sites excluding steroid dienone is 1. The predicted octanol–water partition coefficient (Wildman–Crippen LogP) is 2.81. The van der Waals surface area contributed by atoms with Crippen molar-refractivity contribution in [1.29, 1.82) is 0 Å². The molecule has 1 atom stereocenters. The fraction of sp³-hybridized carbons (Fsp3) is 0.607. The Hall–Kier alpha value is -2.71. The lowest BCUT2D eigenvalue weighted by molar-refractivity contribution is -0.135. The number of amides is 2. The van der Waals surface area contributed by atoms with Gasteiger partial charge in [-0.1, -0.05) is 24.3 Å². The molecule has 8 nitrogen and oxygen atoms in total. The van der Waals surface area contributed by atoms with E-state index in [-0.39, 0.29) is 18.0 Å². The molecule has 1 unspecified atom stereocenters. The zero-order valence-corrected chi connectivity index (χ0v) is 21.3. The molecule has 1 aromatic carbocycles. The third kappa shape index (κ3) is 5.06. The molecular weight excluding hydrogens is 454 g/mol. The lowest BCUT2D eigenvalue weighted by atomic mass is 9.81. The van der Waals surface area contributed by atoms with E-state index in [1.54, 1.807) is 16.2 Å². The molecule has 3 fully saturated rings. The molecule has 2 saturated heterocycles. The van der Waals surface area contributed by atoms with Crippen molar-refractivity contribution in [1.82, 2.24) is 19.4 Å². The number of likely N-dealkylation sites (tertiary alicyclic amines) is 1. The summed E-state index contributed by atoms with van der Waals surface area (Å²) in [7, 11) is 1.75. The summed E-state index contributed by atoms with van der Waals surface area (Å²) in [5.74, 6) is 1.41. The number of carbonyl (C=O) groups excluding carboxylic acids is 2. The van der Waals surface area contributed by atoms with Crippen LogP contribution in [0.25, 0.3) is 17.1 Å². The van der Waals surface area contributed by atoms with Crippen LogP contribution in [0.5, 0.6) is 0 Å². The van der Waals surface area contributed by atoms with Gasteiger partial charge in [0, 0.05) is 25.6 Å². The predicted molar refractivity (Wildman–Crippen MR) is 141 cm³/mol. The van der Waals surface area contributed by atoms with Crippen LogP contribution in [0, 0.1) is 17.8 Å². The molecule has 3 N–H and O–H groups in total. The molecule has 0 radical (unpaired) electrons. The molecule has 2 aromatic rings. The van der Waals surface area contributed by atoms with Gasteiger partial charge in [0.25, 0.3) is 0 Å². The summed E-state index contributed by atoms with van der Waals surface area (Å²) in [5, 5.41) is 2.38. The van der Waals surface area contributed by atoms with Gasteiger partial charge in [0.1, 0.15) is 6.04 Å². The summed E-state index contributed by atoms with van der Waals surface area (Å²) in [6.45, 7) is 4.35. The zero-order valence-electron chi connectivity index (χ0n) is 21.3. The Morgan fingerprint density at radius 1 is 1.00 bits per heavy atom. The third-order valence-corrected chi connectivity index (χ3v) is 8.65. The maximum Gasteiger partial charge on any atom is 0.329 e. The van der Waals surface area contributed by atoms with Crippen LogP contribution >= 0.6 is 0 Å². The van der Waals surface area contributed by atoms with Crippen LogP contribution in [0.4, 0.5) is 0 Å². The number of aryl methyl sites for hydroxylation is 1. The Bertz CT molecular complexity index is 1200. The molecule has 3 aliphatic rings. The average Bonchev–Trinajstić information content (AvgIpc) is 3.14. The minimum absolute atomic E-state index is 0.228. The summed E-state index contributed by atoms with van der Waals surface area (Å²) < 4.78 is 3.18. The first kappa shape index (κ1) is 25.0. The molecule has 1 aliphatic carbocycles. The number of fused-ring (bicyclic) bond motifs is 1. The van der Waals surface area contributed by atoms with Gasteiger partial charge in [0.2, 0.25) is 11.8 Å². The standard InChI is InChI=1S/C28H39N5O3/c1-31-26-22(3-2-4-23(26)33(28(31)36)24-11-12-25(34)30-27(24)35)10-9-19-13-15-32(16-14-19)18-21-7-5-20(17-29)6-8-21/h2-4,9-10,19-21,24H,5-8,11-18,29H2,1H3,(H,30,34,35). The number of aromatic nitrogens is 2. The summed E-state index contributed by atoms with van der Waals surface area (Å²) in [6.07, 6.45) is 12.6. The van der Waals surface area contributed by atoms with E-state index in [1.165, 1.54) is 32.2 Å². The van der Waals surface area contributed by atoms with Crippen molar-refractivity contribution in [2.45, 2.75) is 57.4 Å². The second kappa shape index (κ2) is 10.7. The maximum atomic E-state index is 13.1. The molecule has 5 rings (SSSR count). The van der Waals surface area contributed by atoms with Gasteiger partial charge in [0.15, 0.2) is 0 Å². The molecule has 2 amide bonds. The lowest BCUT2D eigenvalue weighted by Crippen LogP contribution is -2.44. The number of nitrogens with zero attached hydrogens (tertiary/aromatic N) is 3. The van der Waals surface area contributed by atoms with Crippen LogP contribution in [-0.2, 0) is 16.6 Å².